The van der Waals surface area contributed by atoms with Gasteiger partial charge in [-0.25, -0.2) is 4.79 Å². The molecule has 0 aliphatic heterocycles. The number of carbonyl (C=O) groups excluding carboxylic acids is 3. The SMILES string of the molecule is CC(C)NC(=O)C(O)[C@H](CCC(=O)N(C)CCc1ccccc1)NC(=O)[C@H](CC1CCCCC1)NC(=O)O. The summed E-state index contributed by atoms with van der Waals surface area (Å²) in [7, 11) is 1.69. The van der Waals surface area contributed by atoms with Crippen molar-refractivity contribution >= 4 is 23.8 Å². The standard InChI is InChI=1S/C28H44N4O6/c1-19(2)29-27(36)25(34)22(14-15-24(33)32(3)17-16-20-10-6-4-7-11-20)30-26(35)23(31-28(37)38)18-21-12-8-5-9-13-21/h4,6-7,10-11,19,21-23,25,31,34H,5,8-9,12-18H2,1-3H3,(H,29,36)(H,30,35)(H,37,38)/t22-,23-,25?/m0/s1. The maximum Gasteiger partial charge on any atom is 0.405 e. The van der Waals surface area contributed by atoms with Crippen LogP contribution in [0.15, 0.2) is 30.3 Å². The van der Waals surface area contributed by atoms with E-state index in [1.54, 1.807) is 25.8 Å². The molecule has 5 N–H and O–H groups in total. The Morgan fingerprint density at radius 3 is 2.24 bits per heavy atom. The summed E-state index contributed by atoms with van der Waals surface area (Å²) in [6, 6.07) is 7.49. The highest BCUT2D eigenvalue weighted by Crippen LogP contribution is 2.27. The number of nitrogens with zero attached hydrogens (tertiary/aromatic N) is 1. The molecule has 0 radical (unpaired) electrons. The number of amides is 4. The molecule has 1 aliphatic rings. The lowest BCUT2D eigenvalue weighted by molar-refractivity contribution is -0.135. The smallest absolute Gasteiger partial charge is 0.405 e. The topological polar surface area (TPSA) is 148 Å². The van der Waals surface area contributed by atoms with Crippen molar-refractivity contribution in [3.05, 3.63) is 35.9 Å². The van der Waals surface area contributed by atoms with Gasteiger partial charge in [-0.15, -0.1) is 0 Å². The van der Waals surface area contributed by atoms with Gasteiger partial charge >= 0.3 is 6.09 Å². The van der Waals surface area contributed by atoms with Gasteiger partial charge in [0.25, 0.3) is 5.91 Å². The summed E-state index contributed by atoms with van der Waals surface area (Å²) in [5, 5.41) is 27.7. The Labute approximate surface area is 225 Å². The molecule has 2 rings (SSSR count). The molecular weight excluding hydrogens is 488 g/mol. The fraction of sp³-hybridized carbons (Fsp3) is 0.643. The lowest BCUT2D eigenvalue weighted by atomic mass is 9.84. The Morgan fingerprint density at radius 2 is 1.63 bits per heavy atom. The molecule has 1 fully saturated rings. The summed E-state index contributed by atoms with van der Waals surface area (Å²) in [6.07, 6.45) is 3.23. The Kier molecular flexibility index (Phi) is 13.1. The number of benzene rings is 1. The van der Waals surface area contributed by atoms with Crippen LogP contribution in [-0.2, 0) is 20.8 Å². The number of rotatable bonds is 14. The largest absolute Gasteiger partial charge is 0.465 e. The summed E-state index contributed by atoms with van der Waals surface area (Å²) in [4.78, 5) is 51.5. The van der Waals surface area contributed by atoms with Gasteiger partial charge in [-0.3, -0.25) is 14.4 Å². The molecule has 1 unspecified atom stereocenters. The van der Waals surface area contributed by atoms with Crippen molar-refractivity contribution in [3.8, 4) is 0 Å². The monoisotopic (exact) mass is 532 g/mol. The van der Waals surface area contributed by atoms with Crippen molar-refractivity contribution in [1.29, 1.82) is 0 Å². The van der Waals surface area contributed by atoms with E-state index in [1.807, 2.05) is 30.3 Å². The quantitative estimate of drug-likeness (QED) is 0.249. The third kappa shape index (κ3) is 11.1. The van der Waals surface area contributed by atoms with Gasteiger partial charge in [0, 0.05) is 26.1 Å². The van der Waals surface area contributed by atoms with Crippen molar-refractivity contribution in [3.63, 3.8) is 0 Å². The lowest BCUT2D eigenvalue weighted by Crippen LogP contribution is -2.56. The first-order valence-corrected chi connectivity index (χ1v) is 13.6. The van der Waals surface area contributed by atoms with Crippen molar-refractivity contribution in [2.75, 3.05) is 13.6 Å². The number of hydrogen-bond acceptors (Lipinski definition) is 5. The van der Waals surface area contributed by atoms with Gasteiger partial charge in [-0.2, -0.15) is 0 Å². The number of aliphatic hydroxyl groups excluding tert-OH is 1. The fourth-order valence-corrected chi connectivity index (χ4v) is 4.82. The molecule has 1 saturated carbocycles. The van der Waals surface area contributed by atoms with Crippen LogP contribution in [0.25, 0.3) is 0 Å². The number of likely N-dealkylation sites (N-methyl/N-ethyl adjacent to an activating group) is 1. The first-order valence-electron chi connectivity index (χ1n) is 13.6. The number of nitrogens with one attached hydrogen (secondary N) is 3. The predicted octanol–water partition coefficient (Wildman–Crippen LogP) is 2.44. The Balaban J connectivity index is 2.05. The minimum absolute atomic E-state index is 0.00189. The van der Waals surface area contributed by atoms with E-state index in [0.717, 1.165) is 37.7 Å². The summed E-state index contributed by atoms with van der Waals surface area (Å²) >= 11 is 0. The van der Waals surface area contributed by atoms with Crippen LogP contribution in [0, 0.1) is 5.92 Å². The molecule has 0 spiro atoms. The van der Waals surface area contributed by atoms with Crippen LogP contribution in [0.4, 0.5) is 4.79 Å². The van der Waals surface area contributed by atoms with Gasteiger partial charge in [0.05, 0.1) is 6.04 Å². The highest BCUT2D eigenvalue weighted by atomic mass is 16.4. The van der Waals surface area contributed by atoms with Crippen LogP contribution in [0.3, 0.4) is 0 Å². The molecule has 1 aromatic carbocycles. The first kappa shape index (κ1) is 31.1. The summed E-state index contributed by atoms with van der Waals surface area (Å²) in [6.45, 7) is 4.00. The van der Waals surface area contributed by atoms with Gasteiger partial charge in [-0.05, 0) is 44.6 Å². The summed E-state index contributed by atoms with van der Waals surface area (Å²) in [5.74, 6) is -1.23. The highest BCUT2D eigenvalue weighted by molar-refractivity contribution is 5.87. The van der Waals surface area contributed by atoms with Crippen molar-refractivity contribution in [2.24, 2.45) is 5.92 Å². The van der Waals surface area contributed by atoms with Crippen LogP contribution >= 0.6 is 0 Å². The molecule has 10 heteroatoms. The van der Waals surface area contributed by atoms with E-state index in [9.17, 15) is 29.4 Å². The molecule has 38 heavy (non-hydrogen) atoms. The van der Waals surface area contributed by atoms with Gasteiger partial charge in [0.15, 0.2) is 6.10 Å². The van der Waals surface area contributed by atoms with Crippen molar-refractivity contribution < 1.29 is 29.4 Å². The third-order valence-electron chi connectivity index (χ3n) is 6.99. The van der Waals surface area contributed by atoms with E-state index < -0.39 is 36.1 Å². The second-order valence-corrected chi connectivity index (χ2v) is 10.6. The van der Waals surface area contributed by atoms with E-state index >= 15 is 0 Å². The number of hydrogen-bond donors (Lipinski definition) is 5. The van der Waals surface area contributed by atoms with E-state index in [0.29, 0.717) is 19.4 Å². The lowest BCUT2D eigenvalue weighted by Gasteiger charge is -2.29. The van der Waals surface area contributed by atoms with Gasteiger partial charge < -0.3 is 31.1 Å². The Bertz CT molecular complexity index is 904. The van der Waals surface area contributed by atoms with E-state index in [2.05, 4.69) is 16.0 Å². The molecule has 4 amide bonds. The molecule has 1 aromatic rings. The molecule has 212 valence electrons. The molecule has 0 aromatic heterocycles. The molecule has 0 bridgehead atoms. The number of carboxylic acid groups (broad SMARTS) is 1. The Morgan fingerprint density at radius 1 is 0.974 bits per heavy atom. The Hall–Kier alpha value is -3.14. The van der Waals surface area contributed by atoms with Crippen molar-refractivity contribution in [1.82, 2.24) is 20.9 Å². The molecule has 1 aliphatic carbocycles. The van der Waals surface area contributed by atoms with Crippen LogP contribution in [-0.4, -0.2) is 76.7 Å². The van der Waals surface area contributed by atoms with E-state index in [-0.39, 0.29) is 30.7 Å². The molecular formula is C28H44N4O6. The zero-order valence-corrected chi connectivity index (χ0v) is 22.8. The summed E-state index contributed by atoms with van der Waals surface area (Å²) in [5.41, 5.74) is 1.10. The average molecular weight is 533 g/mol. The first-order chi connectivity index (χ1) is 18.1. The molecule has 0 saturated heterocycles. The summed E-state index contributed by atoms with van der Waals surface area (Å²) < 4.78 is 0. The zero-order chi connectivity index (χ0) is 28.1. The van der Waals surface area contributed by atoms with Crippen LogP contribution in [0.2, 0.25) is 0 Å². The predicted molar refractivity (Wildman–Crippen MR) is 144 cm³/mol. The number of aliphatic hydroxyl groups is 1. The number of carbonyl (C=O) groups is 4. The fourth-order valence-electron chi connectivity index (χ4n) is 4.82. The van der Waals surface area contributed by atoms with Crippen LogP contribution in [0.1, 0.15) is 70.8 Å². The normalized spacial score (nSPS) is 16.2. The van der Waals surface area contributed by atoms with Gasteiger partial charge in [-0.1, -0.05) is 62.4 Å². The minimum atomic E-state index is -1.59. The average Bonchev–Trinajstić information content (AvgIpc) is 2.89. The van der Waals surface area contributed by atoms with Gasteiger partial charge in [0.1, 0.15) is 6.04 Å². The second kappa shape index (κ2) is 16.0. The van der Waals surface area contributed by atoms with E-state index in [1.165, 1.54) is 0 Å². The van der Waals surface area contributed by atoms with Gasteiger partial charge in [0.2, 0.25) is 11.8 Å². The van der Waals surface area contributed by atoms with Crippen LogP contribution < -0.4 is 16.0 Å². The van der Waals surface area contributed by atoms with E-state index in [4.69, 9.17) is 0 Å². The third-order valence-corrected chi connectivity index (χ3v) is 6.99. The molecule has 3 atom stereocenters. The molecule has 0 heterocycles. The maximum atomic E-state index is 13.2. The second-order valence-electron chi connectivity index (χ2n) is 10.6. The van der Waals surface area contributed by atoms with Crippen LogP contribution in [0.5, 0.6) is 0 Å². The molecule has 10 nitrogen and oxygen atoms in total. The maximum absolute atomic E-state index is 13.2. The minimum Gasteiger partial charge on any atom is -0.465 e. The van der Waals surface area contributed by atoms with Crippen molar-refractivity contribution in [2.45, 2.75) is 95.9 Å². The highest BCUT2D eigenvalue weighted by Gasteiger charge is 2.32. The zero-order valence-electron chi connectivity index (χ0n) is 22.8.